The number of fused-ring (bicyclic) bond motifs is 1. The molecule has 3 aromatic rings. The largest absolute Gasteiger partial charge is 0.454 e. The molecule has 28 heavy (non-hydrogen) atoms. The Labute approximate surface area is 162 Å². The van der Waals surface area contributed by atoms with Crippen LogP contribution in [0, 0.1) is 0 Å². The summed E-state index contributed by atoms with van der Waals surface area (Å²) in [7, 11) is 0. The van der Waals surface area contributed by atoms with E-state index >= 15 is 0 Å². The van der Waals surface area contributed by atoms with E-state index < -0.39 is 0 Å². The van der Waals surface area contributed by atoms with Crippen molar-refractivity contribution in [3.8, 4) is 11.5 Å². The zero-order valence-corrected chi connectivity index (χ0v) is 15.5. The number of hydrogen-bond donors (Lipinski definition) is 1. The van der Waals surface area contributed by atoms with Gasteiger partial charge in [-0.05, 0) is 48.9 Å². The van der Waals surface area contributed by atoms with Crippen LogP contribution in [0.3, 0.4) is 0 Å². The van der Waals surface area contributed by atoms with E-state index in [2.05, 4.69) is 20.4 Å². The van der Waals surface area contributed by atoms with Crippen molar-refractivity contribution in [2.24, 2.45) is 0 Å². The van der Waals surface area contributed by atoms with Crippen molar-refractivity contribution in [3.05, 3.63) is 71.9 Å². The van der Waals surface area contributed by atoms with Gasteiger partial charge in [0.05, 0.1) is 0 Å². The number of aromatic nitrogens is 2. The molecule has 7 nitrogen and oxygen atoms in total. The van der Waals surface area contributed by atoms with Gasteiger partial charge in [-0.25, -0.2) is 0 Å². The molecule has 1 aromatic heterocycles. The zero-order valence-electron chi connectivity index (χ0n) is 15.5. The Morgan fingerprint density at radius 3 is 2.61 bits per heavy atom. The topological polar surface area (TPSA) is 76.6 Å². The molecule has 0 spiro atoms. The minimum atomic E-state index is -0.288. The van der Waals surface area contributed by atoms with Crippen LogP contribution in [0.2, 0.25) is 0 Å². The number of nitrogens with zero attached hydrogens (tertiary/aromatic N) is 3. The summed E-state index contributed by atoms with van der Waals surface area (Å²) in [6, 6.07) is 18.6. The molecular formula is C21H20N4O3. The van der Waals surface area contributed by atoms with Crippen molar-refractivity contribution in [3.63, 3.8) is 0 Å². The van der Waals surface area contributed by atoms with Gasteiger partial charge in [0.1, 0.15) is 0 Å². The van der Waals surface area contributed by atoms with Gasteiger partial charge in [-0.15, -0.1) is 10.2 Å². The SMILES string of the molecule is CCN(Cc1ccc2c(c1)OCO2)c1ccc(C(=O)Nc2ccccc2)nn1. The van der Waals surface area contributed by atoms with Gasteiger partial charge in [0.15, 0.2) is 23.0 Å². The second-order valence-electron chi connectivity index (χ2n) is 6.30. The molecule has 2 aromatic carbocycles. The number of carbonyl (C=O) groups is 1. The first kappa shape index (κ1) is 17.8. The van der Waals surface area contributed by atoms with E-state index in [1.807, 2.05) is 61.5 Å². The maximum absolute atomic E-state index is 12.3. The number of para-hydroxylation sites is 1. The number of anilines is 2. The molecule has 0 radical (unpaired) electrons. The van der Waals surface area contributed by atoms with Crippen LogP contribution in [0.15, 0.2) is 60.7 Å². The standard InChI is InChI=1S/C21H20N4O3/c1-2-25(13-15-8-10-18-19(12-15)28-14-27-18)20-11-9-17(23-24-20)21(26)22-16-6-4-3-5-7-16/h3-12H,2,13-14H2,1H3,(H,22,26). The molecule has 1 aliphatic rings. The molecule has 4 rings (SSSR count). The number of amides is 1. The molecule has 7 heteroatoms. The monoisotopic (exact) mass is 376 g/mol. The van der Waals surface area contributed by atoms with Gasteiger partial charge in [-0.2, -0.15) is 0 Å². The molecule has 0 saturated heterocycles. The molecule has 0 unspecified atom stereocenters. The van der Waals surface area contributed by atoms with Crippen LogP contribution in [-0.4, -0.2) is 29.4 Å². The zero-order chi connectivity index (χ0) is 19.3. The molecule has 1 aliphatic heterocycles. The minimum Gasteiger partial charge on any atom is -0.454 e. The average Bonchev–Trinajstić information content (AvgIpc) is 3.21. The summed E-state index contributed by atoms with van der Waals surface area (Å²) in [5.41, 5.74) is 2.07. The molecule has 142 valence electrons. The van der Waals surface area contributed by atoms with Crippen LogP contribution in [0.25, 0.3) is 0 Å². The first-order valence-electron chi connectivity index (χ1n) is 9.06. The predicted molar refractivity (Wildman–Crippen MR) is 106 cm³/mol. The third-order valence-corrected chi connectivity index (χ3v) is 4.43. The van der Waals surface area contributed by atoms with Crippen LogP contribution < -0.4 is 19.7 Å². The van der Waals surface area contributed by atoms with Gasteiger partial charge < -0.3 is 19.7 Å². The molecule has 2 heterocycles. The highest BCUT2D eigenvalue weighted by atomic mass is 16.7. The smallest absolute Gasteiger partial charge is 0.276 e. The van der Waals surface area contributed by atoms with Crippen molar-refractivity contribution in [2.75, 3.05) is 23.6 Å². The molecule has 1 N–H and O–H groups in total. The Bertz CT molecular complexity index is 961. The lowest BCUT2D eigenvalue weighted by Crippen LogP contribution is -2.24. The molecule has 0 bridgehead atoms. The summed E-state index contributed by atoms with van der Waals surface area (Å²) in [6.07, 6.45) is 0. The van der Waals surface area contributed by atoms with E-state index in [0.29, 0.717) is 12.4 Å². The van der Waals surface area contributed by atoms with E-state index in [-0.39, 0.29) is 18.4 Å². The lowest BCUT2D eigenvalue weighted by Gasteiger charge is -2.21. The van der Waals surface area contributed by atoms with Gasteiger partial charge in [0.2, 0.25) is 6.79 Å². The fourth-order valence-electron chi connectivity index (χ4n) is 2.95. The average molecular weight is 376 g/mol. The van der Waals surface area contributed by atoms with E-state index in [1.165, 1.54) is 0 Å². The summed E-state index contributed by atoms with van der Waals surface area (Å²) < 4.78 is 10.8. The van der Waals surface area contributed by atoms with Crippen LogP contribution in [-0.2, 0) is 6.54 Å². The third-order valence-electron chi connectivity index (χ3n) is 4.43. The van der Waals surface area contributed by atoms with Crippen LogP contribution in [0.5, 0.6) is 11.5 Å². The number of benzene rings is 2. The third kappa shape index (κ3) is 3.88. The van der Waals surface area contributed by atoms with Gasteiger partial charge >= 0.3 is 0 Å². The van der Waals surface area contributed by atoms with Crippen molar-refractivity contribution in [1.82, 2.24) is 10.2 Å². The highest BCUT2D eigenvalue weighted by molar-refractivity contribution is 6.02. The first-order valence-corrected chi connectivity index (χ1v) is 9.06. The van der Waals surface area contributed by atoms with Gasteiger partial charge in [0, 0.05) is 18.8 Å². The Kier molecular flexibility index (Phi) is 5.05. The van der Waals surface area contributed by atoms with E-state index in [1.54, 1.807) is 6.07 Å². The Hall–Kier alpha value is -3.61. The first-order chi connectivity index (χ1) is 13.7. The quantitative estimate of drug-likeness (QED) is 0.710. The summed E-state index contributed by atoms with van der Waals surface area (Å²) >= 11 is 0. The number of ether oxygens (including phenoxy) is 2. The maximum Gasteiger partial charge on any atom is 0.276 e. The van der Waals surface area contributed by atoms with E-state index in [4.69, 9.17) is 9.47 Å². The lowest BCUT2D eigenvalue weighted by molar-refractivity contribution is 0.102. The summed E-state index contributed by atoms with van der Waals surface area (Å²) in [5, 5.41) is 11.1. The Balaban J connectivity index is 1.45. The van der Waals surface area contributed by atoms with Crippen molar-refractivity contribution in [1.29, 1.82) is 0 Å². The maximum atomic E-state index is 12.3. The number of hydrogen-bond acceptors (Lipinski definition) is 6. The molecule has 1 amide bonds. The Morgan fingerprint density at radius 1 is 1.04 bits per heavy atom. The number of carbonyl (C=O) groups excluding carboxylic acids is 1. The van der Waals surface area contributed by atoms with Crippen LogP contribution in [0.4, 0.5) is 11.5 Å². The second-order valence-corrected chi connectivity index (χ2v) is 6.30. The Morgan fingerprint density at radius 2 is 1.86 bits per heavy atom. The lowest BCUT2D eigenvalue weighted by atomic mass is 10.2. The molecule has 0 aliphatic carbocycles. The minimum absolute atomic E-state index is 0.258. The van der Waals surface area contributed by atoms with Crippen LogP contribution >= 0.6 is 0 Å². The highest BCUT2D eigenvalue weighted by Crippen LogP contribution is 2.33. The molecule has 0 fully saturated rings. The molecule has 0 saturated carbocycles. The second kappa shape index (κ2) is 7.96. The fraction of sp³-hybridized carbons (Fsp3) is 0.190. The highest BCUT2D eigenvalue weighted by Gasteiger charge is 2.16. The fourth-order valence-corrected chi connectivity index (χ4v) is 2.95. The predicted octanol–water partition coefficient (Wildman–Crippen LogP) is 3.48. The van der Waals surface area contributed by atoms with E-state index in [0.717, 1.165) is 29.3 Å². The normalized spacial score (nSPS) is 11.9. The number of rotatable bonds is 6. The van der Waals surface area contributed by atoms with Crippen molar-refractivity contribution in [2.45, 2.75) is 13.5 Å². The van der Waals surface area contributed by atoms with Gasteiger partial charge in [-0.1, -0.05) is 24.3 Å². The van der Waals surface area contributed by atoms with Crippen molar-refractivity contribution < 1.29 is 14.3 Å². The number of nitrogens with one attached hydrogen (secondary N) is 1. The summed E-state index contributed by atoms with van der Waals surface area (Å²) in [5.74, 6) is 1.94. The summed E-state index contributed by atoms with van der Waals surface area (Å²) in [4.78, 5) is 14.4. The van der Waals surface area contributed by atoms with Crippen LogP contribution in [0.1, 0.15) is 23.0 Å². The van der Waals surface area contributed by atoms with Crippen molar-refractivity contribution >= 4 is 17.4 Å². The van der Waals surface area contributed by atoms with Gasteiger partial charge in [0.25, 0.3) is 5.91 Å². The summed E-state index contributed by atoms with van der Waals surface area (Å²) in [6.45, 7) is 3.70. The van der Waals surface area contributed by atoms with E-state index in [9.17, 15) is 4.79 Å². The van der Waals surface area contributed by atoms with Gasteiger partial charge in [-0.3, -0.25) is 4.79 Å². The molecule has 0 atom stereocenters. The molecular weight excluding hydrogens is 356 g/mol.